The number of nitriles is 1. The van der Waals surface area contributed by atoms with Gasteiger partial charge in [-0.3, -0.25) is 4.98 Å². The number of carbonyl (C=O) groups is 1. The Morgan fingerprint density at radius 1 is 1.07 bits per heavy atom. The first-order chi connectivity index (χ1) is 20.9. The summed E-state index contributed by atoms with van der Waals surface area (Å²) < 4.78 is 18.3. The quantitative estimate of drug-likeness (QED) is 0.292. The number of carbonyl (C=O) groups excluding carboxylic acids is 1. The first kappa shape index (κ1) is 30.7. The van der Waals surface area contributed by atoms with Crippen molar-refractivity contribution in [1.82, 2.24) is 9.88 Å². The fourth-order valence-corrected chi connectivity index (χ4v) is 7.78. The largest absolute Gasteiger partial charge is 0.446 e. The van der Waals surface area contributed by atoms with E-state index >= 15 is 0 Å². The molecule has 0 spiro atoms. The average Bonchev–Trinajstić information content (AvgIpc) is 3.02. The Bertz CT molecular complexity index is 1400. The van der Waals surface area contributed by atoms with Gasteiger partial charge >= 0.3 is 6.09 Å². The van der Waals surface area contributed by atoms with E-state index in [1.54, 1.807) is 24.5 Å². The summed E-state index contributed by atoms with van der Waals surface area (Å²) in [6.45, 7) is 6.99. The molecule has 0 aliphatic carbocycles. The van der Waals surface area contributed by atoms with E-state index in [-0.39, 0.29) is 12.0 Å². The van der Waals surface area contributed by atoms with Crippen LogP contribution in [-0.2, 0) is 21.0 Å². The monoisotopic (exact) mass is 599 g/mol. The van der Waals surface area contributed by atoms with Crippen LogP contribution in [0, 0.1) is 23.2 Å². The average molecular weight is 600 g/mol. The van der Waals surface area contributed by atoms with Crippen LogP contribution in [-0.4, -0.2) is 59.0 Å². The minimum Gasteiger partial charge on any atom is -0.446 e. The van der Waals surface area contributed by atoms with Crippen LogP contribution >= 0.6 is 0 Å². The van der Waals surface area contributed by atoms with Gasteiger partial charge < -0.3 is 20.3 Å². The number of hydrogen-bond acceptors (Lipinski definition) is 7. The molecular weight excluding hydrogens is 558 g/mol. The molecule has 0 bridgehead atoms. The van der Waals surface area contributed by atoms with Gasteiger partial charge in [-0.2, -0.15) is 5.26 Å². The molecule has 0 saturated carbocycles. The van der Waals surface area contributed by atoms with E-state index in [1.807, 2.05) is 42.5 Å². The predicted octanol–water partition coefficient (Wildman–Crippen LogP) is 5.51. The van der Waals surface area contributed by atoms with Gasteiger partial charge in [-0.25, -0.2) is 9.00 Å². The van der Waals surface area contributed by atoms with Crippen LogP contribution in [0.25, 0.3) is 0 Å². The molecule has 1 amide bonds. The Morgan fingerprint density at radius 2 is 1.72 bits per heavy atom. The number of anilines is 1. The number of nitrogens with zero attached hydrogens (tertiary/aromatic N) is 4. The Kier molecular flexibility index (Phi) is 10.1. The summed E-state index contributed by atoms with van der Waals surface area (Å²) in [7, 11) is -1.21. The summed E-state index contributed by atoms with van der Waals surface area (Å²) in [6.07, 6.45) is 6.00. The van der Waals surface area contributed by atoms with Crippen LogP contribution in [0.4, 0.5) is 10.5 Å². The minimum absolute atomic E-state index is 0.168. The van der Waals surface area contributed by atoms with E-state index in [2.05, 4.69) is 39.9 Å². The number of pyridine rings is 1. The van der Waals surface area contributed by atoms with E-state index in [1.165, 1.54) is 0 Å². The molecule has 8 nitrogen and oxygen atoms in total. The van der Waals surface area contributed by atoms with Gasteiger partial charge in [-0.1, -0.05) is 43.7 Å². The summed E-state index contributed by atoms with van der Waals surface area (Å²) in [5.41, 5.74) is 6.83. The number of aromatic nitrogens is 1. The van der Waals surface area contributed by atoms with Crippen LogP contribution in [0.1, 0.15) is 44.6 Å². The van der Waals surface area contributed by atoms with Crippen molar-refractivity contribution in [2.75, 3.05) is 37.6 Å². The van der Waals surface area contributed by atoms with Gasteiger partial charge in [0, 0.05) is 59.8 Å². The van der Waals surface area contributed by atoms with Gasteiger partial charge in [0.1, 0.15) is 6.10 Å². The molecule has 2 aliphatic rings. The van der Waals surface area contributed by atoms with Crippen molar-refractivity contribution < 1.29 is 13.7 Å². The van der Waals surface area contributed by atoms with Crippen molar-refractivity contribution in [2.45, 2.75) is 60.3 Å². The van der Waals surface area contributed by atoms with Crippen LogP contribution < -0.4 is 10.6 Å². The summed E-state index contributed by atoms with van der Waals surface area (Å²) in [5.74, 6) is 0.760. The molecule has 3 heterocycles. The second-order valence-corrected chi connectivity index (χ2v) is 13.3. The van der Waals surface area contributed by atoms with Gasteiger partial charge in [0.15, 0.2) is 0 Å². The van der Waals surface area contributed by atoms with Gasteiger partial charge in [0.25, 0.3) is 0 Å². The van der Waals surface area contributed by atoms with Gasteiger partial charge in [-0.15, -0.1) is 0 Å². The molecule has 2 saturated heterocycles. The van der Waals surface area contributed by atoms with Crippen molar-refractivity contribution in [3.63, 3.8) is 0 Å². The third-order valence-corrected chi connectivity index (χ3v) is 10.4. The molecule has 2 aromatic carbocycles. The molecule has 43 heavy (non-hydrogen) atoms. The molecule has 2 aliphatic heterocycles. The molecule has 5 rings (SSSR count). The third-order valence-electron chi connectivity index (χ3n) is 8.97. The summed E-state index contributed by atoms with van der Waals surface area (Å²) in [6, 6.07) is 24.3. The smallest absolute Gasteiger partial charge is 0.404 e. The maximum absolute atomic E-state index is 12.8. The lowest BCUT2D eigenvalue weighted by Crippen LogP contribution is -2.53. The number of benzene rings is 2. The first-order valence-corrected chi connectivity index (χ1v) is 16.4. The number of ether oxygens (including phenoxy) is 1. The fraction of sp³-hybridized carbons (Fsp3) is 0.441. The topological polar surface area (TPSA) is 113 Å². The highest BCUT2D eigenvalue weighted by Crippen LogP contribution is 2.43. The maximum atomic E-state index is 12.8. The maximum Gasteiger partial charge on any atom is 0.404 e. The molecule has 9 heteroatoms. The number of amides is 1. The van der Waals surface area contributed by atoms with Crippen molar-refractivity contribution >= 4 is 22.6 Å². The fourth-order valence-electron chi connectivity index (χ4n) is 6.75. The molecular formula is C34H41N5O3S. The second kappa shape index (κ2) is 14.2. The van der Waals surface area contributed by atoms with Gasteiger partial charge in [0.2, 0.25) is 0 Å². The van der Waals surface area contributed by atoms with Crippen molar-refractivity contribution in [3.05, 3.63) is 84.7 Å². The lowest BCUT2D eigenvalue weighted by molar-refractivity contribution is 0.0617. The number of piperidine rings is 1. The zero-order valence-corrected chi connectivity index (χ0v) is 25.6. The van der Waals surface area contributed by atoms with E-state index in [9.17, 15) is 14.3 Å². The van der Waals surface area contributed by atoms with Crippen molar-refractivity contribution in [3.8, 4) is 6.07 Å². The van der Waals surface area contributed by atoms with E-state index in [0.717, 1.165) is 73.0 Å². The number of primary amides is 1. The van der Waals surface area contributed by atoms with Crippen LogP contribution in [0.2, 0.25) is 0 Å². The van der Waals surface area contributed by atoms with Gasteiger partial charge in [0.05, 0.1) is 22.3 Å². The number of hydrogen-bond donors (Lipinski definition) is 1. The highest BCUT2D eigenvalue weighted by Gasteiger charge is 2.44. The van der Waals surface area contributed by atoms with E-state index < -0.39 is 22.3 Å². The zero-order valence-electron chi connectivity index (χ0n) is 24.8. The predicted molar refractivity (Wildman–Crippen MR) is 168 cm³/mol. The van der Waals surface area contributed by atoms with E-state index in [0.29, 0.717) is 18.8 Å². The highest BCUT2D eigenvalue weighted by atomic mass is 32.2. The normalized spacial score (nSPS) is 19.0. The van der Waals surface area contributed by atoms with Crippen molar-refractivity contribution in [1.29, 1.82) is 5.26 Å². The third kappa shape index (κ3) is 7.26. The number of rotatable bonds is 12. The molecule has 2 fully saturated rings. The molecule has 1 aromatic heterocycles. The number of likely N-dealkylation sites (tertiary alicyclic amines) is 1. The Hall–Kier alpha value is -3.74. The molecule has 226 valence electrons. The summed E-state index contributed by atoms with van der Waals surface area (Å²) in [5, 5.41) is 10.7. The molecule has 3 atom stereocenters. The standard InChI is InChI=1S/C34H41N5O3S/c1-2-6-30(42-33(36)40)21-34(25-35,27-7-4-3-5-8-27)28-15-19-38(20-16-28)22-26-23-39(24-26)29-9-11-31(12-10-29)43(41)32-13-17-37-18-14-32/h3-5,7-14,17-18,26,28,30H,2,6,15-16,19-24H2,1H3,(H2,36,40)/t30-,34?,43?/m1/s1. The Morgan fingerprint density at radius 3 is 2.33 bits per heavy atom. The van der Waals surface area contributed by atoms with Crippen LogP contribution in [0.15, 0.2) is 88.9 Å². The lowest BCUT2D eigenvalue weighted by atomic mass is 9.64. The molecule has 3 aromatic rings. The minimum atomic E-state index is -1.21. The molecule has 2 N–H and O–H groups in total. The second-order valence-electron chi connectivity index (χ2n) is 11.8. The lowest BCUT2D eigenvalue weighted by Gasteiger charge is -2.46. The SMILES string of the molecule is CCC[C@H](CC(C#N)(c1ccccc1)C1CCN(CC2CN(c3ccc(S(=O)c4ccncc4)cc3)C2)CC1)OC(N)=O. The van der Waals surface area contributed by atoms with Gasteiger partial charge in [-0.05, 0) is 80.2 Å². The zero-order chi connectivity index (χ0) is 30.2. The molecule has 0 radical (unpaired) electrons. The van der Waals surface area contributed by atoms with Crippen LogP contribution in [0.5, 0.6) is 0 Å². The number of nitrogens with two attached hydrogens (primary N) is 1. The Labute approximate surface area is 257 Å². The highest BCUT2D eigenvalue weighted by molar-refractivity contribution is 7.85. The van der Waals surface area contributed by atoms with Crippen molar-refractivity contribution in [2.24, 2.45) is 17.6 Å². The van der Waals surface area contributed by atoms with E-state index in [4.69, 9.17) is 10.5 Å². The van der Waals surface area contributed by atoms with Crippen LogP contribution in [0.3, 0.4) is 0 Å². The summed E-state index contributed by atoms with van der Waals surface area (Å²) in [4.78, 5) is 22.1. The Balaban J connectivity index is 1.16. The summed E-state index contributed by atoms with van der Waals surface area (Å²) >= 11 is 0. The first-order valence-electron chi connectivity index (χ1n) is 15.2. The molecule has 2 unspecified atom stereocenters.